The predicted octanol–water partition coefficient (Wildman–Crippen LogP) is 4.64. The third-order valence-corrected chi connectivity index (χ3v) is 5.27. The molecule has 3 aromatic rings. The number of thioether (sulfide) groups is 1. The number of aromatic nitrogens is 3. The van der Waals surface area contributed by atoms with Crippen molar-refractivity contribution in [2.45, 2.75) is 25.2 Å². The maximum absolute atomic E-state index is 13.7. The average Bonchev–Trinajstić information content (AvgIpc) is 2.95. The zero-order valence-corrected chi connectivity index (χ0v) is 17.1. The first-order valence-corrected chi connectivity index (χ1v) is 9.81. The van der Waals surface area contributed by atoms with E-state index in [-0.39, 0.29) is 22.3 Å². The molecule has 0 atom stereocenters. The highest BCUT2D eigenvalue weighted by molar-refractivity contribution is 7.99. The summed E-state index contributed by atoms with van der Waals surface area (Å²) >= 11 is 0.720. The molecule has 0 aliphatic rings. The lowest BCUT2D eigenvalue weighted by Gasteiger charge is -2.13. The summed E-state index contributed by atoms with van der Waals surface area (Å²) in [6.45, 7) is 3.42. The van der Waals surface area contributed by atoms with Crippen LogP contribution in [-0.4, -0.2) is 26.2 Å². The summed E-state index contributed by atoms with van der Waals surface area (Å²) < 4.78 is 53.6. The molecule has 1 aromatic carbocycles. The maximum Gasteiger partial charge on any atom is 0.433 e. The molecule has 11 heteroatoms. The zero-order chi connectivity index (χ0) is 22.8. The van der Waals surface area contributed by atoms with Crippen LogP contribution in [0.2, 0.25) is 0 Å². The molecule has 1 N–H and O–H groups in total. The van der Waals surface area contributed by atoms with Crippen molar-refractivity contribution in [3.63, 3.8) is 0 Å². The number of nitrogens with zero attached hydrogens (tertiary/aromatic N) is 4. The Balaban J connectivity index is 1.85. The van der Waals surface area contributed by atoms with Crippen LogP contribution in [0.4, 0.5) is 23.4 Å². The molecule has 0 saturated carbocycles. The number of hydrogen-bond donors (Lipinski definition) is 1. The molecule has 3 rings (SSSR count). The van der Waals surface area contributed by atoms with Crippen molar-refractivity contribution >= 4 is 23.5 Å². The Morgan fingerprint density at radius 1 is 1.29 bits per heavy atom. The molecule has 0 unspecified atom stereocenters. The number of benzene rings is 1. The Bertz CT molecular complexity index is 1180. The van der Waals surface area contributed by atoms with E-state index in [0.29, 0.717) is 16.9 Å². The van der Waals surface area contributed by atoms with Gasteiger partial charge in [-0.2, -0.15) is 18.4 Å². The standard InChI is InChI=1S/C20H15F4N5OS/c1-11-12(2)29(14-5-3-4-13(21)8-14)18(15(11)9-25)28-17(30)10-31-19-26-7-6-16(27-19)20(22,23)24/h3-8H,10H2,1-2H3,(H,28,30). The molecule has 0 fully saturated rings. The van der Waals surface area contributed by atoms with E-state index < -0.39 is 23.6 Å². The van der Waals surface area contributed by atoms with Gasteiger partial charge in [-0.15, -0.1) is 0 Å². The molecule has 6 nitrogen and oxygen atoms in total. The minimum absolute atomic E-state index is 0.152. The number of nitrogens with one attached hydrogen (secondary N) is 1. The van der Waals surface area contributed by atoms with Crippen LogP contribution < -0.4 is 5.32 Å². The molecule has 0 bridgehead atoms. The number of nitriles is 1. The van der Waals surface area contributed by atoms with E-state index in [1.54, 1.807) is 24.5 Å². The Labute approximate surface area is 178 Å². The van der Waals surface area contributed by atoms with Crippen molar-refractivity contribution in [1.82, 2.24) is 14.5 Å². The summed E-state index contributed by atoms with van der Waals surface area (Å²) in [5.74, 6) is -1.22. The van der Waals surface area contributed by atoms with Gasteiger partial charge < -0.3 is 5.32 Å². The second-order valence-corrected chi connectivity index (χ2v) is 7.36. The number of alkyl halides is 3. The molecule has 2 aromatic heterocycles. The van der Waals surface area contributed by atoms with Gasteiger partial charge in [-0.05, 0) is 43.7 Å². The number of carbonyl (C=O) groups is 1. The number of carbonyl (C=O) groups excluding carboxylic acids is 1. The fourth-order valence-electron chi connectivity index (χ4n) is 2.87. The lowest BCUT2D eigenvalue weighted by Crippen LogP contribution is -2.18. The van der Waals surface area contributed by atoms with Gasteiger partial charge in [-0.1, -0.05) is 17.8 Å². The van der Waals surface area contributed by atoms with E-state index >= 15 is 0 Å². The third kappa shape index (κ3) is 4.86. The van der Waals surface area contributed by atoms with Crippen LogP contribution in [0.3, 0.4) is 0 Å². The molecule has 2 heterocycles. The maximum atomic E-state index is 13.7. The highest BCUT2D eigenvalue weighted by Crippen LogP contribution is 2.31. The first-order chi connectivity index (χ1) is 14.6. The van der Waals surface area contributed by atoms with Gasteiger partial charge in [0.2, 0.25) is 5.91 Å². The molecule has 0 radical (unpaired) electrons. The topological polar surface area (TPSA) is 83.6 Å². The molecule has 1 amide bonds. The zero-order valence-electron chi connectivity index (χ0n) is 16.3. The van der Waals surface area contributed by atoms with Crippen LogP contribution in [0.25, 0.3) is 5.69 Å². The number of halogens is 4. The van der Waals surface area contributed by atoms with Crippen molar-refractivity contribution in [2.75, 3.05) is 11.1 Å². The highest BCUT2D eigenvalue weighted by Gasteiger charge is 2.32. The van der Waals surface area contributed by atoms with Crippen LogP contribution in [-0.2, 0) is 11.0 Å². The third-order valence-electron chi connectivity index (χ3n) is 4.41. The van der Waals surface area contributed by atoms with Gasteiger partial charge in [0, 0.05) is 11.9 Å². The smallest absolute Gasteiger partial charge is 0.310 e. The van der Waals surface area contributed by atoms with Crippen LogP contribution in [0.1, 0.15) is 22.5 Å². The van der Waals surface area contributed by atoms with E-state index in [9.17, 15) is 27.6 Å². The summed E-state index contributed by atoms with van der Waals surface area (Å²) in [5.41, 5.74) is 0.743. The molecule has 0 aliphatic heterocycles. The molecule has 0 saturated heterocycles. The number of rotatable bonds is 5. The van der Waals surface area contributed by atoms with Gasteiger partial charge in [0.15, 0.2) is 5.16 Å². The van der Waals surface area contributed by atoms with E-state index in [4.69, 9.17) is 0 Å². The van der Waals surface area contributed by atoms with Crippen molar-refractivity contribution < 1.29 is 22.4 Å². The van der Waals surface area contributed by atoms with Crippen molar-refractivity contribution in [1.29, 1.82) is 5.26 Å². The first kappa shape index (κ1) is 22.3. The Morgan fingerprint density at radius 2 is 2.03 bits per heavy atom. The number of hydrogen-bond acceptors (Lipinski definition) is 5. The van der Waals surface area contributed by atoms with Crippen LogP contribution in [0.15, 0.2) is 41.7 Å². The van der Waals surface area contributed by atoms with Gasteiger partial charge in [0.25, 0.3) is 0 Å². The molecule has 160 valence electrons. The summed E-state index contributed by atoms with van der Waals surface area (Å²) in [7, 11) is 0. The predicted molar refractivity (Wildman–Crippen MR) is 106 cm³/mol. The molecule has 0 spiro atoms. The second-order valence-electron chi connectivity index (χ2n) is 6.42. The quantitative estimate of drug-likeness (QED) is 0.348. The minimum Gasteiger partial charge on any atom is -0.310 e. The van der Waals surface area contributed by atoms with Crippen molar-refractivity contribution in [3.8, 4) is 11.8 Å². The fraction of sp³-hybridized carbons (Fsp3) is 0.200. The molecular formula is C20H15F4N5OS. The summed E-state index contributed by atoms with van der Waals surface area (Å²) in [6, 6.07) is 8.41. The normalized spacial score (nSPS) is 11.3. The van der Waals surface area contributed by atoms with Crippen LogP contribution in [0.5, 0.6) is 0 Å². The monoisotopic (exact) mass is 449 g/mol. The molecule has 0 aliphatic carbocycles. The fourth-order valence-corrected chi connectivity index (χ4v) is 3.50. The van der Waals surface area contributed by atoms with Crippen LogP contribution in [0, 0.1) is 31.0 Å². The Hall–Kier alpha value is -3.39. The second kappa shape index (κ2) is 8.77. The van der Waals surface area contributed by atoms with E-state index in [0.717, 1.165) is 24.0 Å². The molecular weight excluding hydrogens is 434 g/mol. The van der Waals surface area contributed by atoms with E-state index in [1.807, 2.05) is 6.07 Å². The van der Waals surface area contributed by atoms with Gasteiger partial charge in [-0.3, -0.25) is 9.36 Å². The number of anilines is 1. The first-order valence-electron chi connectivity index (χ1n) is 8.82. The summed E-state index contributed by atoms with van der Waals surface area (Å²) in [4.78, 5) is 19.6. The van der Waals surface area contributed by atoms with Gasteiger partial charge in [0.1, 0.15) is 23.4 Å². The van der Waals surface area contributed by atoms with Gasteiger partial charge >= 0.3 is 6.18 Å². The SMILES string of the molecule is Cc1c(C#N)c(NC(=O)CSc2nccc(C(F)(F)F)n2)n(-c2cccc(F)c2)c1C. The summed E-state index contributed by atoms with van der Waals surface area (Å²) in [6.07, 6.45) is -3.66. The minimum atomic E-state index is -4.62. The van der Waals surface area contributed by atoms with Gasteiger partial charge in [-0.25, -0.2) is 14.4 Å². The largest absolute Gasteiger partial charge is 0.433 e. The van der Waals surface area contributed by atoms with E-state index in [1.165, 1.54) is 18.2 Å². The average molecular weight is 449 g/mol. The van der Waals surface area contributed by atoms with Crippen molar-refractivity contribution in [2.24, 2.45) is 0 Å². The number of amides is 1. The van der Waals surface area contributed by atoms with Gasteiger partial charge in [0.05, 0.1) is 17.0 Å². The summed E-state index contributed by atoms with van der Waals surface area (Å²) in [5, 5.41) is 11.9. The lowest BCUT2D eigenvalue weighted by atomic mass is 10.2. The van der Waals surface area contributed by atoms with E-state index in [2.05, 4.69) is 15.3 Å². The highest BCUT2D eigenvalue weighted by atomic mass is 32.2. The Morgan fingerprint density at radius 3 is 2.68 bits per heavy atom. The van der Waals surface area contributed by atoms with Crippen LogP contribution >= 0.6 is 11.8 Å². The van der Waals surface area contributed by atoms with Crippen molar-refractivity contribution in [3.05, 3.63) is 64.9 Å². The lowest BCUT2D eigenvalue weighted by molar-refractivity contribution is -0.141. The molecule has 31 heavy (non-hydrogen) atoms. The Kier molecular flexibility index (Phi) is 6.31.